The van der Waals surface area contributed by atoms with Gasteiger partial charge < -0.3 is 0 Å². The van der Waals surface area contributed by atoms with Gasteiger partial charge in [-0.25, -0.2) is 21.6 Å². The Morgan fingerprint density at radius 2 is 1.75 bits per heavy atom. The molecule has 0 unspecified atom stereocenters. The maximum Gasteiger partial charge on any atom is 0.270 e. The lowest BCUT2D eigenvalue weighted by atomic mass is 10.1. The second kappa shape index (κ2) is 9.45. The Hall–Kier alpha value is -2.67. The third-order valence-electron chi connectivity index (χ3n) is 4.55. The second-order valence-corrected chi connectivity index (χ2v) is 12.0. The zero-order valence-corrected chi connectivity index (χ0v) is 20.0. The number of aryl methyl sites for hydroxylation is 1. The largest absolute Gasteiger partial charge is 0.296 e. The van der Waals surface area contributed by atoms with E-state index in [9.17, 15) is 21.6 Å². The second-order valence-electron chi connectivity index (χ2n) is 7.12. The quantitative estimate of drug-likeness (QED) is 0.460. The van der Waals surface area contributed by atoms with Crippen LogP contribution in [-0.2, 0) is 19.9 Å². The molecule has 3 aromatic rings. The molecule has 0 spiro atoms. The van der Waals surface area contributed by atoms with Crippen molar-refractivity contribution in [2.45, 2.75) is 35.5 Å². The molecule has 0 bridgehead atoms. The lowest BCUT2D eigenvalue weighted by molar-refractivity contribution is 0.102. The van der Waals surface area contributed by atoms with E-state index in [0.29, 0.717) is 17.5 Å². The SMILES string of the molecule is CC[C@@H](NS(=O)(=O)c1nnc(NC(=O)c2cccc(C)c2)s1)c1ccc(S(C)(=O)=O)cc1. The van der Waals surface area contributed by atoms with Gasteiger partial charge in [0.25, 0.3) is 15.9 Å². The molecule has 0 aliphatic rings. The Balaban J connectivity index is 1.75. The molecule has 0 fully saturated rings. The Bertz CT molecular complexity index is 1330. The van der Waals surface area contributed by atoms with Crippen LogP contribution in [0.3, 0.4) is 0 Å². The van der Waals surface area contributed by atoms with Crippen LogP contribution in [0, 0.1) is 6.92 Å². The minimum atomic E-state index is -4.02. The number of anilines is 1. The molecule has 9 nitrogen and oxygen atoms in total. The predicted octanol–water partition coefficient (Wildman–Crippen LogP) is 2.93. The van der Waals surface area contributed by atoms with Gasteiger partial charge in [-0.15, -0.1) is 10.2 Å². The van der Waals surface area contributed by atoms with Gasteiger partial charge in [-0.3, -0.25) is 10.1 Å². The van der Waals surface area contributed by atoms with E-state index < -0.39 is 31.8 Å². The van der Waals surface area contributed by atoms with E-state index in [1.54, 1.807) is 37.3 Å². The van der Waals surface area contributed by atoms with E-state index in [1.807, 2.05) is 13.0 Å². The molecule has 0 saturated heterocycles. The highest BCUT2D eigenvalue weighted by atomic mass is 32.2. The topological polar surface area (TPSA) is 135 Å². The molecule has 1 amide bonds. The van der Waals surface area contributed by atoms with E-state index in [1.165, 1.54) is 12.1 Å². The van der Waals surface area contributed by atoms with E-state index in [-0.39, 0.29) is 14.4 Å². The summed E-state index contributed by atoms with van der Waals surface area (Å²) in [6, 6.07) is 12.4. The molecular formula is C20H22N4O5S3. The molecule has 32 heavy (non-hydrogen) atoms. The van der Waals surface area contributed by atoms with Crippen LogP contribution in [-0.4, -0.2) is 39.2 Å². The average Bonchev–Trinajstić information content (AvgIpc) is 3.21. The average molecular weight is 495 g/mol. The summed E-state index contributed by atoms with van der Waals surface area (Å²) in [6.07, 6.45) is 1.53. The fraction of sp³-hybridized carbons (Fsp3) is 0.250. The number of sulfone groups is 1. The number of rotatable bonds is 8. The molecule has 12 heteroatoms. The van der Waals surface area contributed by atoms with Crippen molar-refractivity contribution in [2.24, 2.45) is 0 Å². The highest BCUT2D eigenvalue weighted by molar-refractivity contribution is 7.91. The Morgan fingerprint density at radius 3 is 2.34 bits per heavy atom. The van der Waals surface area contributed by atoms with Crippen molar-refractivity contribution < 1.29 is 21.6 Å². The number of hydrogen-bond acceptors (Lipinski definition) is 8. The summed E-state index contributed by atoms with van der Waals surface area (Å²) in [7, 11) is -7.37. The highest BCUT2D eigenvalue weighted by Crippen LogP contribution is 2.25. The van der Waals surface area contributed by atoms with Gasteiger partial charge in [0.15, 0.2) is 9.84 Å². The molecule has 2 N–H and O–H groups in total. The van der Waals surface area contributed by atoms with Crippen molar-refractivity contribution in [1.82, 2.24) is 14.9 Å². The Kier molecular flexibility index (Phi) is 7.08. The molecule has 0 aliphatic heterocycles. The number of nitrogens with zero attached hydrogens (tertiary/aromatic N) is 2. The smallest absolute Gasteiger partial charge is 0.270 e. The fourth-order valence-electron chi connectivity index (χ4n) is 2.90. The minimum absolute atomic E-state index is 0.0578. The fourth-order valence-corrected chi connectivity index (χ4v) is 5.75. The van der Waals surface area contributed by atoms with Gasteiger partial charge in [-0.05, 0) is 43.2 Å². The summed E-state index contributed by atoms with van der Waals surface area (Å²) in [5.41, 5.74) is 1.95. The van der Waals surface area contributed by atoms with Crippen LogP contribution in [0.4, 0.5) is 5.13 Å². The van der Waals surface area contributed by atoms with Gasteiger partial charge in [0.2, 0.25) is 9.47 Å². The molecule has 170 valence electrons. The van der Waals surface area contributed by atoms with E-state index in [4.69, 9.17) is 0 Å². The third kappa shape index (κ3) is 5.76. The lowest BCUT2D eigenvalue weighted by Crippen LogP contribution is -2.28. The summed E-state index contributed by atoms with van der Waals surface area (Å²) in [4.78, 5) is 12.5. The maximum atomic E-state index is 12.8. The molecule has 1 atom stereocenters. The van der Waals surface area contributed by atoms with Gasteiger partial charge in [0.1, 0.15) is 0 Å². The van der Waals surface area contributed by atoms with E-state index >= 15 is 0 Å². The zero-order chi connectivity index (χ0) is 23.5. The zero-order valence-electron chi connectivity index (χ0n) is 17.6. The molecule has 1 aromatic heterocycles. The molecule has 0 saturated carbocycles. The summed E-state index contributed by atoms with van der Waals surface area (Å²) in [6.45, 7) is 3.65. The number of sulfonamides is 1. The third-order valence-corrected chi connectivity index (χ3v) is 8.36. The van der Waals surface area contributed by atoms with Crippen molar-refractivity contribution in [3.05, 3.63) is 65.2 Å². The molecule has 3 rings (SSSR count). The van der Waals surface area contributed by atoms with Crippen LogP contribution in [0.5, 0.6) is 0 Å². The minimum Gasteiger partial charge on any atom is -0.296 e. The first-order valence-electron chi connectivity index (χ1n) is 9.53. The van der Waals surface area contributed by atoms with Crippen molar-refractivity contribution in [3.8, 4) is 0 Å². The number of benzene rings is 2. The predicted molar refractivity (Wildman–Crippen MR) is 122 cm³/mol. The van der Waals surface area contributed by atoms with Crippen LogP contribution in [0.1, 0.15) is 40.9 Å². The van der Waals surface area contributed by atoms with Crippen molar-refractivity contribution in [1.29, 1.82) is 0 Å². The Morgan fingerprint density at radius 1 is 1.06 bits per heavy atom. The molecule has 0 aliphatic carbocycles. The molecule has 1 heterocycles. The lowest BCUT2D eigenvalue weighted by Gasteiger charge is -2.16. The first-order chi connectivity index (χ1) is 15.0. The van der Waals surface area contributed by atoms with Crippen LogP contribution in [0.15, 0.2) is 57.8 Å². The highest BCUT2D eigenvalue weighted by Gasteiger charge is 2.25. The summed E-state index contributed by atoms with van der Waals surface area (Å²) in [5, 5.41) is 10.1. The van der Waals surface area contributed by atoms with Crippen molar-refractivity contribution >= 4 is 42.2 Å². The number of aromatic nitrogens is 2. The number of carbonyl (C=O) groups excluding carboxylic acids is 1. The monoisotopic (exact) mass is 494 g/mol. The van der Waals surface area contributed by atoms with E-state index in [2.05, 4.69) is 20.2 Å². The number of amides is 1. The van der Waals surface area contributed by atoms with Gasteiger partial charge in [-0.1, -0.05) is 48.1 Å². The molecular weight excluding hydrogens is 472 g/mol. The first kappa shape index (κ1) is 24.0. The van der Waals surface area contributed by atoms with E-state index in [0.717, 1.165) is 23.2 Å². The molecule has 0 radical (unpaired) electrons. The number of nitrogens with one attached hydrogen (secondary N) is 2. The summed E-state index contributed by atoms with van der Waals surface area (Å²) in [5.74, 6) is -0.417. The Labute approximate surface area is 190 Å². The summed E-state index contributed by atoms with van der Waals surface area (Å²) < 4.78 is 51.1. The van der Waals surface area contributed by atoms with Crippen LogP contribution in [0.2, 0.25) is 0 Å². The van der Waals surface area contributed by atoms with Gasteiger partial charge in [-0.2, -0.15) is 0 Å². The van der Waals surface area contributed by atoms with Crippen LogP contribution >= 0.6 is 11.3 Å². The van der Waals surface area contributed by atoms with Crippen molar-refractivity contribution in [2.75, 3.05) is 11.6 Å². The maximum absolute atomic E-state index is 12.8. The number of hydrogen-bond donors (Lipinski definition) is 2. The van der Waals surface area contributed by atoms with Gasteiger partial charge in [0.05, 0.1) is 4.90 Å². The normalized spacial score (nSPS) is 13.0. The van der Waals surface area contributed by atoms with Gasteiger partial charge in [0, 0.05) is 17.9 Å². The van der Waals surface area contributed by atoms with Crippen LogP contribution < -0.4 is 10.0 Å². The number of carbonyl (C=O) groups is 1. The van der Waals surface area contributed by atoms with Crippen molar-refractivity contribution in [3.63, 3.8) is 0 Å². The molecule has 2 aromatic carbocycles. The summed E-state index contributed by atoms with van der Waals surface area (Å²) >= 11 is 0.737. The first-order valence-corrected chi connectivity index (χ1v) is 13.7. The standard InChI is InChI=1S/C20H22N4O5S3/c1-4-17(14-8-10-16(11-9-14)31(3,26)27)24-32(28,29)20-23-22-19(30-20)21-18(25)15-7-5-6-13(2)12-15/h5-12,17,24H,4H2,1-3H3,(H,21,22,25)/t17-/m1/s1. The van der Waals surface area contributed by atoms with Crippen LogP contribution in [0.25, 0.3) is 0 Å². The van der Waals surface area contributed by atoms with Gasteiger partial charge >= 0.3 is 0 Å².